The molecule has 1 N–H and O–H groups in total. The van der Waals surface area contributed by atoms with Gasteiger partial charge in [0.15, 0.2) is 9.84 Å². The zero-order chi connectivity index (χ0) is 20.4. The van der Waals surface area contributed by atoms with E-state index >= 15 is 0 Å². The fourth-order valence-corrected chi connectivity index (χ4v) is 5.10. The number of hydrogen-bond donors (Lipinski definition) is 1. The largest absolute Gasteiger partial charge is 0.310 e. The second-order valence-electron chi connectivity index (χ2n) is 8.20. The summed E-state index contributed by atoms with van der Waals surface area (Å²) in [7, 11) is -3.24. The van der Waals surface area contributed by atoms with E-state index in [1.165, 1.54) is 4.68 Å². The lowest BCUT2D eigenvalue weighted by Crippen LogP contribution is -2.25. The van der Waals surface area contributed by atoms with E-state index in [1.54, 1.807) is 24.5 Å². The maximum atomic E-state index is 12.5. The Hall–Kier alpha value is -2.29. The summed E-state index contributed by atoms with van der Waals surface area (Å²) in [5.74, 6) is 0.274. The number of nitrogens with one attached hydrogen (secondary N) is 1. The third-order valence-corrected chi connectivity index (χ3v) is 7.17. The smallest absolute Gasteiger partial charge is 0.252 e. The molecule has 152 valence electrons. The molecule has 0 bridgehead atoms. The number of anilines is 1. The molecule has 0 unspecified atom stereocenters. The lowest BCUT2D eigenvalue weighted by Gasteiger charge is -2.13. The van der Waals surface area contributed by atoms with Crippen molar-refractivity contribution in [3.8, 4) is 5.95 Å². The molecule has 0 atom stereocenters. The van der Waals surface area contributed by atoms with Gasteiger partial charge in [0.25, 0.3) is 5.95 Å². The van der Waals surface area contributed by atoms with Crippen molar-refractivity contribution < 1.29 is 13.2 Å². The molecule has 1 fully saturated rings. The van der Waals surface area contributed by atoms with Crippen LogP contribution in [0.15, 0.2) is 24.5 Å². The molecule has 1 aliphatic carbocycles. The van der Waals surface area contributed by atoms with E-state index in [0.29, 0.717) is 24.6 Å². The van der Waals surface area contributed by atoms with Crippen molar-refractivity contribution >= 4 is 21.6 Å². The van der Waals surface area contributed by atoms with E-state index in [0.717, 1.165) is 18.5 Å². The Bertz CT molecular complexity index is 926. The monoisotopic (exact) mass is 405 g/mol. The molecule has 1 aliphatic rings. The Balaban J connectivity index is 1.75. The molecule has 8 nitrogen and oxygen atoms in total. The first-order valence-corrected chi connectivity index (χ1v) is 11.3. The first-order chi connectivity index (χ1) is 13.2. The van der Waals surface area contributed by atoms with Crippen LogP contribution in [0, 0.1) is 0 Å². The van der Waals surface area contributed by atoms with Gasteiger partial charge in [0.05, 0.1) is 16.7 Å². The number of sulfone groups is 1. The molecular weight excluding hydrogens is 378 g/mol. The molecule has 0 spiro atoms. The number of amides is 1. The maximum Gasteiger partial charge on any atom is 0.252 e. The molecule has 9 heteroatoms. The predicted molar refractivity (Wildman–Crippen MR) is 107 cm³/mol. The first kappa shape index (κ1) is 20.4. The molecule has 1 amide bonds. The highest BCUT2D eigenvalue weighted by Gasteiger charge is 2.29. The SMILES string of the molecule is CC(C)(C)c1cc(NC(=O)CCS(=O)(=O)C2CCCC2)n(-c2ncccn2)n1. The molecule has 0 aliphatic heterocycles. The first-order valence-electron chi connectivity index (χ1n) is 9.56. The van der Waals surface area contributed by atoms with Crippen molar-refractivity contribution in [2.75, 3.05) is 11.1 Å². The molecule has 0 aromatic carbocycles. The number of aromatic nitrogens is 4. The number of carbonyl (C=O) groups is 1. The number of rotatable bonds is 6. The van der Waals surface area contributed by atoms with Crippen molar-refractivity contribution in [3.63, 3.8) is 0 Å². The van der Waals surface area contributed by atoms with Crippen molar-refractivity contribution in [2.45, 2.75) is 63.5 Å². The second kappa shape index (κ2) is 7.98. The van der Waals surface area contributed by atoms with E-state index in [-0.39, 0.29) is 28.7 Å². The summed E-state index contributed by atoms with van der Waals surface area (Å²) < 4.78 is 26.3. The van der Waals surface area contributed by atoms with Crippen LogP contribution in [0.4, 0.5) is 5.82 Å². The third kappa shape index (κ3) is 4.76. The average Bonchev–Trinajstić information content (AvgIpc) is 3.31. The highest BCUT2D eigenvalue weighted by Crippen LogP contribution is 2.27. The van der Waals surface area contributed by atoms with Crippen LogP contribution in [-0.2, 0) is 20.0 Å². The standard InChI is InChI=1S/C19H27N5O3S/c1-19(2,3)15-13-16(24(23-15)18-20-10-6-11-21-18)22-17(25)9-12-28(26,27)14-7-4-5-8-14/h6,10-11,13-14H,4-5,7-9,12H2,1-3H3,(H,22,25). The Morgan fingerprint density at radius 3 is 2.46 bits per heavy atom. The Morgan fingerprint density at radius 1 is 1.21 bits per heavy atom. The van der Waals surface area contributed by atoms with Crippen LogP contribution in [0.1, 0.15) is 58.6 Å². The van der Waals surface area contributed by atoms with Gasteiger partial charge in [-0.3, -0.25) is 4.79 Å². The minimum atomic E-state index is -3.24. The minimum Gasteiger partial charge on any atom is -0.310 e. The van der Waals surface area contributed by atoms with Crippen LogP contribution in [0.2, 0.25) is 0 Å². The van der Waals surface area contributed by atoms with E-state index in [2.05, 4.69) is 20.4 Å². The highest BCUT2D eigenvalue weighted by atomic mass is 32.2. The van der Waals surface area contributed by atoms with E-state index in [4.69, 9.17) is 0 Å². The van der Waals surface area contributed by atoms with Crippen LogP contribution >= 0.6 is 0 Å². The summed E-state index contributed by atoms with van der Waals surface area (Å²) >= 11 is 0. The van der Waals surface area contributed by atoms with E-state index in [1.807, 2.05) is 20.8 Å². The van der Waals surface area contributed by atoms with Crippen molar-refractivity contribution in [1.29, 1.82) is 0 Å². The molecule has 2 heterocycles. The third-order valence-electron chi connectivity index (χ3n) is 4.91. The molecule has 28 heavy (non-hydrogen) atoms. The molecule has 2 aromatic heterocycles. The molecule has 1 saturated carbocycles. The normalized spacial score (nSPS) is 15.7. The van der Waals surface area contributed by atoms with Gasteiger partial charge < -0.3 is 5.32 Å². The number of nitrogens with zero attached hydrogens (tertiary/aromatic N) is 4. The van der Waals surface area contributed by atoms with Gasteiger partial charge >= 0.3 is 0 Å². The summed E-state index contributed by atoms with van der Waals surface area (Å²) in [6.45, 7) is 6.06. The molecular formula is C19H27N5O3S. The van der Waals surface area contributed by atoms with Gasteiger partial charge in [-0.1, -0.05) is 33.6 Å². The number of carbonyl (C=O) groups excluding carboxylic acids is 1. The van der Waals surface area contributed by atoms with Gasteiger partial charge in [0, 0.05) is 30.3 Å². The quantitative estimate of drug-likeness (QED) is 0.792. The topological polar surface area (TPSA) is 107 Å². The van der Waals surface area contributed by atoms with Gasteiger partial charge in [0.1, 0.15) is 5.82 Å². The van der Waals surface area contributed by atoms with Crippen molar-refractivity contribution in [1.82, 2.24) is 19.7 Å². The highest BCUT2D eigenvalue weighted by molar-refractivity contribution is 7.92. The zero-order valence-electron chi connectivity index (χ0n) is 16.6. The summed E-state index contributed by atoms with van der Waals surface area (Å²) in [5.41, 5.74) is 0.541. The Morgan fingerprint density at radius 2 is 1.86 bits per heavy atom. The van der Waals surface area contributed by atoms with Crippen LogP contribution in [0.25, 0.3) is 5.95 Å². The van der Waals surface area contributed by atoms with Gasteiger partial charge in [0.2, 0.25) is 5.91 Å². The zero-order valence-corrected chi connectivity index (χ0v) is 17.4. The summed E-state index contributed by atoms with van der Waals surface area (Å²) in [6, 6.07) is 3.48. The van der Waals surface area contributed by atoms with Crippen molar-refractivity contribution in [2.24, 2.45) is 0 Å². The van der Waals surface area contributed by atoms with Crippen LogP contribution in [0.3, 0.4) is 0 Å². The van der Waals surface area contributed by atoms with Gasteiger partial charge in [-0.25, -0.2) is 18.4 Å². The molecule has 0 radical (unpaired) electrons. The average molecular weight is 406 g/mol. The fourth-order valence-electron chi connectivity index (χ4n) is 3.24. The molecule has 2 aromatic rings. The second-order valence-corrected chi connectivity index (χ2v) is 10.6. The van der Waals surface area contributed by atoms with E-state index < -0.39 is 9.84 Å². The van der Waals surface area contributed by atoms with Gasteiger partial charge in [-0.2, -0.15) is 9.78 Å². The molecule has 3 rings (SSSR count). The summed E-state index contributed by atoms with van der Waals surface area (Å²) in [5, 5.41) is 7.02. The van der Waals surface area contributed by atoms with Crippen LogP contribution in [0.5, 0.6) is 0 Å². The lowest BCUT2D eigenvalue weighted by molar-refractivity contribution is -0.115. The van der Waals surface area contributed by atoms with Crippen LogP contribution in [-0.4, -0.2) is 45.1 Å². The maximum absolute atomic E-state index is 12.5. The Labute approximate surface area is 165 Å². The minimum absolute atomic E-state index is 0.0789. The van der Waals surface area contributed by atoms with Gasteiger partial charge in [-0.05, 0) is 18.9 Å². The van der Waals surface area contributed by atoms with E-state index in [9.17, 15) is 13.2 Å². The van der Waals surface area contributed by atoms with Gasteiger partial charge in [-0.15, -0.1) is 0 Å². The summed E-state index contributed by atoms with van der Waals surface area (Å²) in [6.07, 6.45) is 6.42. The summed E-state index contributed by atoms with van der Waals surface area (Å²) in [4.78, 5) is 20.8. The van der Waals surface area contributed by atoms with Crippen molar-refractivity contribution in [3.05, 3.63) is 30.2 Å². The molecule has 0 saturated heterocycles. The fraction of sp³-hybridized carbons (Fsp3) is 0.579. The van der Waals surface area contributed by atoms with Crippen LogP contribution < -0.4 is 5.32 Å². The lowest BCUT2D eigenvalue weighted by atomic mass is 9.92. The number of hydrogen-bond acceptors (Lipinski definition) is 6. The predicted octanol–water partition coefficient (Wildman–Crippen LogP) is 2.65. The Kier molecular flexibility index (Phi) is 5.83.